The molecule has 0 radical (unpaired) electrons. The molecule has 0 aromatic carbocycles. The highest BCUT2D eigenvalue weighted by Crippen LogP contribution is 2.37. The molecule has 1 aliphatic carbocycles. The van der Waals surface area contributed by atoms with Crippen molar-refractivity contribution in [2.45, 2.75) is 30.9 Å². The van der Waals surface area contributed by atoms with Gasteiger partial charge in [0.1, 0.15) is 12.2 Å². The average Bonchev–Trinajstić information content (AvgIpc) is 3.35. The molecule has 1 aliphatic rings. The Bertz CT molecular complexity index is 732. The van der Waals surface area contributed by atoms with Crippen LogP contribution < -0.4 is 10.6 Å². The maximum absolute atomic E-state index is 12.2. The summed E-state index contributed by atoms with van der Waals surface area (Å²) < 4.78 is 1.89. The molecule has 2 amide bonds. The van der Waals surface area contributed by atoms with Gasteiger partial charge in [-0.15, -0.1) is 10.2 Å². The number of aliphatic hydroxyl groups is 1. The fourth-order valence-corrected chi connectivity index (χ4v) is 4.44. The van der Waals surface area contributed by atoms with E-state index in [1.54, 1.807) is 17.7 Å². The second kappa shape index (κ2) is 8.81. The molecule has 148 valence electrons. The van der Waals surface area contributed by atoms with Crippen molar-refractivity contribution in [1.29, 1.82) is 0 Å². The summed E-state index contributed by atoms with van der Waals surface area (Å²) in [5.41, 5.74) is 1.20. The van der Waals surface area contributed by atoms with Crippen LogP contribution in [0.4, 0.5) is 4.79 Å². The molecule has 2 aromatic rings. The lowest BCUT2D eigenvalue weighted by Gasteiger charge is -2.24. The van der Waals surface area contributed by atoms with Crippen LogP contribution in [0.1, 0.15) is 36.2 Å². The Balaban J connectivity index is 1.46. The second-order valence-electron chi connectivity index (χ2n) is 7.42. The maximum atomic E-state index is 12.2. The van der Waals surface area contributed by atoms with Crippen molar-refractivity contribution in [2.24, 2.45) is 13.0 Å². The quantitative estimate of drug-likeness (QED) is 0.661. The predicted octanol–water partition coefficient (Wildman–Crippen LogP) is 1.33. The van der Waals surface area contributed by atoms with Gasteiger partial charge in [-0.3, -0.25) is 0 Å². The minimum Gasteiger partial charge on any atom is -0.393 e. The summed E-state index contributed by atoms with van der Waals surface area (Å²) in [6.45, 7) is 0.983. The summed E-state index contributed by atoms with van der Waals surface area (Å²) in [4.78, 5) is 14.3. The third-order valence-corrected chi connectivity index (χ3v) is 6.00. The first kappa shape index (κ1) is 19.8. The highest BCUT2D eigenvalue weighted by Gasteiger charge is 2.36. The monoisotopic (exact) mass is 392 g/mol. The van der Waals surface area contributed by atoms with Gasteiger partial charge in [0.2, 0.25) is 0 Å². The molecule has 8 nitrogen and oxygen atoms in total. The number of urea groups is 1. The number of carbonyl (C=O) groups excluding carboxylic acids is 1. The number of thiophene rings is 1. The van der Waals surface area contributed by atoms with Crippen LogP contribution in [0.15, 0.2) is 23.2 Å². The van der Waals surface area contributed by atoms with E-state index in [0.717, 1.165) is 12.2 Å². The van der Waals surface area contributed by atoms with Crippen molar-refractivity contribution < 1.29 is 9.90 Å². The molecule has 2 aromatic heterocycles. The number of likely N-dealkylation sites (N-methyl/N-ethyl adjacent to an activating group) is 1. The minimum absolute atomic E-state index is 0.0268. The summed E-state index contributed by atoms with van der Waals surface area (Å²) in [6.07, 6.45) is 2.69. The van der Waals surface area contributed by atoms with E-state index < -0.39 is 6.10 Å². The number of nitrogens with one attached hydrogen (secondary N) is 2. The number of aromatic nitrogens is 3. The standard InChI is InChI=1S/C18H28N6O2S/c1-23(2)15(12-4-5-27-10-12)9-20-18(26)19-8-14-6-13(7-16(14)25)17-22-21-11-24(17)3/h4-5,10-11,13-16,25H,6-9H2,1-3H3,(H2,19,20,26)/t13-,14+,15?,16+/m1/s1. The van der Waals surface area contributed by atoms with Crippen molar-refractivity contribution >= 4 is 17.4 Å². The first-order valence-corrected chi connectivity index (χ1v) is 10.1. The van der Waals surface area contributed by atoms with Gasteiger partial charge >= 0.3 is 6.03 Å². The van der Waals surface area contributed by atoms with Gasteiger partial charge in [0, 0.05) is 32.0 Å². The average molecular weight is 393 g/mol. The zero-order valence-corrected chi connectivity index (χ0v) is 16.8. The van der Waals surface area contributed by atoms with E-state index in [9.17, 15) is 9.90 Å². The Hall–Kier alpha value is -1.97. The number of hydrogen-bond acceptors (Lipinski definition) is 6. The third kappa shape index (κ3) is 4.85. The van der Waals surface area contributed by atoms with Crippen molar-refractivity contribution in [3.05, 3.63) is 34.5 Å². The molecule has 2 heterocycles. The third-order valence-electron chi connectivity index (χ3n) is 5.30. The Labute approximate surface area is 163 Å². The molecule has 1 unspecified atom stereocenters. The number of aliphatic hydroxyl groups excluding tert-OH is 1. The first-order valence-electron chi connectivity index (χ1n) is 9.18. The Morgan fingerprint density at radius 2 is 2.26 bits per heavy atom. The molecule has 0 spiro atoms. The fraction of sp³-hybridized carbons (Fsp3) is 0.611. The molecular weight excluding hydrogens is 364 g/mol. The summed E-state index contributed by atoms with van der Waals surface area (Å²) in [5.74, 6) is 1.10. The number of aryl methyl sites for hydroxylation is 1. The fourth-order valence-electron chi connectivity index (χ4n) is 3.73. The Morgan fingerprint density at radius 1 is 1.44 bits per heavy atom. The van der Waals surface area contributed by atoms with Crippen LogP contribution in [0, 0.1) is 5.92 Å². The smallest absolute Gasteiger partial charge is 0.314 e. The van der Waals surface area contributed by atoms with Crippen molar-refractivity contribution in [3.8, 4) is 0 Å². The van der Waals surface area contributed by atoms with Gasteiger partial charge in [-0.2, -0.15) is 11.3 Å². The highest BCUT2D eigenvalue weighted by molar-refractivity contribution is 7.07. The van der Waals surface area contributed by atoms with Gasteiger partial charge in [0.25, 0.3) is 0 Å². The molecule has 3 N–H and O–H groups in total. The lowest BCUT2D eigenvalue weighted by molar-refractivity contribution is 0.131. The van der Waals surface area contributed by atoms with Crippen molar-refractivity contribution in [3.63, 3.8) is 0 Å². The van der Waals surface area contributed by atoms with Crippen LogP contribution in [-0.4, -0.2) is 64.1 Å². The maximum Gasteiger partial charge on any atom is 0.314 e. The molecular formula is C18H28N6O2S. The van der Waals surface area contributed by atoms with Gasteiger partial charge in [-0.25, -0.2) is 4.79 Å². The van der Waals surface area contributed by atoms with E-state index in [2.05, 4.69) is 37.2 Å². The molecule has 1 saturated carbocycles. The van der Waals surface area contributed by atoms with E-state index in [4.69, 9.17) is 0 Å². The summed E-state index contributed by atoms with van der Waals surface area (Å²) in [7, 11) is 5.92. The zero-order chi connectivity index (χ0) is 19.4. The van der Waals surface area contributed by atoms with E-state index >= 15 is 0 Å². The van der Waals surface area contributed by atoms with Crippen LogP contribution in [0.2, 0.25) is 0 Å². The zero-order valence-electron chi connectivity index (χ0n) is 16.0. The molecule has 0 aliphatic heterocycles. The van der Waals surface area contributed by atoms with E-state index in [1.165, 1.54) is 5.56 Å². The number of nitrogens with zero attached hydrogens (tertiary/aromatic N) is 4. The second-order valence-corrected chi connectivity index (χ2v) is 8.20. The molecule has 9 heteroatoms. The van der Waals surface area contributed by atoms with Gasteiger partial charge in [0.05, 0.1) is 12.1 Å². The number of carbonyl (C=O) groups is 1. The van der Waals surface area contributed by atoms with E-state index in [1.807, 2.05) is 31.1 Å². The number of rotatable bonds is 7. The number of hydrogen-bond donors (Lipinski definition) is 3. The predicted molar refractivity (Wildman–Crippen MR) is 105 cm³/mol. The van der Waals surface area contributed by atoms with Crippen LogP contribution in [0.5, 0.6) is 0 Å². The lowest BCUT2D eigenvalue weighted by atomic mass is 10.0. The molecule has 0 saturated heterocycles. The Kier molecular flexibility index (Phi) is 6.46. The normalized spacial score (nSPS) is 23.5. The van der Waals surface area contributed by atoms with Gasteiger partial charge in [-0.1, -0.05) is 0 Å². The highest BCUT2D eigenvalue weighted by atomic mass is 32.1. The summed E-state index contributed by atoms with van der Waals surface area (Å²) >= 11 is 1.65. The summed E-state index contributed by atoms with van der Waals surface area (Å²) in [6, 6.07) is 2.02. The first-order chi connectivity index (χ1) is 13.0. The number of amides is 2. The van der Waals surface area contributed by atoms with Crippen LogP contribution in [-0.2, 0) is 7.05 Å². The van der Waals surface area contributed by atoms with Crippen LogP contribution in [0.3, 0.4) is 0 Å². The van der Waals surface area contributed by atoms with Crippen molar-refractivity contribution in [2.75, 3.05) is 27.2 Å². The van der Waals surface area contributed by atoms with Crippen molar-refractivity contribution in [1.82, 2.24) is 30.3 Å². The summed E-state index contributed by atoms with van der Waals surface area (Å²) in [5, 5.41) is 28.4. The van der Waals surface area contributed by atoms with Crippen LogP contribution >= 0.6 is 11.3 Å². The van der Waals surface area contributed by atoms with Gasteiger partial charge in [0.15, 0.2) is 0 Å². The molecule has 3 rings (SSSR count). The largest absolute Gasteiger partial charge is 0.393 e. The molecule has 27 heavy (non-hydrogen) atoms. The molecule has 4 atom stereocenters. The van der Waals surface area contributed by atoms with Gasteiger partial charge < -0.3 is 25.2 Å². The molecule has 0 bridgehead atoms. The molecule has 1 fully saturated rings. The topological polar surface area (TPSA) is 95.3 Å². The Morgan fingerprint density at radius 3 is 2.89 bits per heavy atom. The SMILES string of the molecule is CN(C)C(CNC(=O)NC[C@@H]1C[C@@H](c2nncn2C)C[C@@H]1O)c1ccsc1. The van der Waals surface area contributed by atoms with E-state index in [0.29, 0.717) is 19.5 Å². The van der Waals surface area contributed by atoms with Gasteiger partial charge in [-0.05, 0) is 49.3 Å². The lowest BCUT2D eigenvalue weighted by Crippen LogP contribution is -2.42. The van der Waals surface area contributed by atoms with E-state index in [-0.39, 0.29) is 23.9 Å². The minimum atomic E-state index is -0.438. The van der Waals surface area contributed by atoms with Crippen LogP contribution in [0.25, 0.3) is 0 Å².